The number of carbonyl (C=O) groups is 2. The zero-order valence-electron chi connectivity index (χ0n) is 50.5. The van der Waals surface area contributed by atoms with Gasteiger partial charge in [0.25, 0.3) is 0 Å². The third-order valence-corrected chi connectivity index (χ3v) is 15.0. The maximum Gasteiger partial charge on any atom is 0.472 e. The Morgan fingerprint density at radius 3 is 1.12 bits per heavy atom. The Hall–Kier alpha value is -2.29. The Kier molecular flexibility index (Phi) is 55.7. The van der Waals surface area contributed by atoms with E-state index in [1.54, 1.807) is 0 Å². The van der Waals surface area contributed by atoms with Crippen LogP contribution in [0.1, 0.15) is 296 Å². The first-order valence-corrected chi connectivity index (χ1v) is 33.5. The van der Waals surface area contributed by atoms with E-state index in [1.807, 2.05) is 21.1 Å². The fourth-order valence-electron chi connectivity index (χ4n) is 9.16. The van der Waals surface area contributed by atoms with Crippen molar-refractivity contribution in [3.05, 3.63) is 60.8 Å². The van der Waals surface area contributed by atoms with E-state index >= 15 is 0 Å². The number of esters is 2. The van der Waals surface area contributed by atoms with Gasteiger partial charge in [-0.15, -0.1) is 0 Å². The van der Waals surface area contributed by atoms with Crippen molar-refractivity contribution >= 4 is 19.8 Å². The number of unbranched alkanes of at least 4 members (excludes halogenated alkanes) is 35. The van der Waals surface area contributed by atoms with Gasteiger partial charge in [0.2, 0.25) is 0 Å². The number of phosphoric acid groups is 1. The molecule has 0 aliphatic heterocycles. The second-order valence-corrected chi connectivity index (χ2v) is 24.2. The van der Waals surface area contributed by atoms with Crippen molar-refractivity contribution in [3.63, 3.8) is 0 Å². The van der Waals surface area contributed by atoms with E-state index in [1.165, 1.54) is 199 Å². The Bertz CT molecular complexity index is 1470. The van der Waals surface area contributed by atoms with Gasteiger partial charge in [-0.2, -0.15) is 0 Å². The first-order valence-electron chi connectivity index (χ1n) is 32.0. The zero-order chi connectivity index (χ0) is 55.6. The predicted molar refractivity (Wildman–Crippen MR) is 326 cm³/mol. The summed E-state index contributed by atoms with van der Waals surface area (Å²) >= 11 is 0. The van der Waals surface area contributed by atoms with Crippen LogP contribution in [-0.4, -0.2) is 74.9 Å². The highest BCUT2D eigenvalue weighted by molar-refractivity contribution is 7.47. The number of hydrogen-bond donors (Lipinski definition) is 1. The molecule has 1 N–H and O–H groups in total. The number of rotatable bonds is 59. The minimum absolute atomic E-state index is 0.0342. The van der Waals surface area contributed by atoms with Gasteiger partial charge in [-0.1, -0.05) is 286 Å². The normalized spacial score (nSPS) is 13.6. The molecule has 2 unspecified atom stereocenters. The van der Waals surface area contributed by atoms with Gasteiger partial charge >= 0.3 is 19.8 Å². The van der Waals surface area contributed by atoms with Gasteiger partial charge in [-0.25, -0.2) is 4.57 Å². The van der Waals surface area contributed by atoms with Crippen LogP contribution >= 0.6 is 7.82 Å². The van der Waals surface area contributed by atoms with Crippen LogP contribution in [0.5, 0.6) is 0 Å². The van der Waals surface area contributed by atoms with Crippen LogP contribution in [-0.2, 0) is 32.7 Å². The number of allylic oxidation sites excluding steroid dienone is 10. The molecule has 0 spiro atoms. The first-order chi connectivity index (χ1) is 37.0. The molecule has 10 heteroatoms. The largest absolute Gasteiger partial charge is 0.472 e. The summed E-state index contributed by atoms with van der Waals surface area (Å²) in [6, 6.07) is 0. The predicted octanol–water partition coefficient (Wildman–Crippen LogP) is 20.3. The molecular formula is C66H123NO8P+. The lowest BCUT2D eigenvalue weighted by molar-refractivity contribution is -0.870. The maximum absolute atomic E-state index is 12.8. The van der Waals surface area contributed by atoms with Crippen LogP contribution in [0.25, 0.3) is 0 Å². The Morgan fingerprint density at radius 2 is 0.750 bits per heavy atom. The van der Waals surface area contributed by atoms with Crippen LogP contribution in [0, 0.1) is 0 Å². The molecule has 444 valence electrons. The standard InChI is InChI=1S/C66H122NO8P/c1-6-8-10-12-14-16-18-20-21-22-23-24-25-26-27-28-29-30-31-32-33-34-35-36-37-38-39-40-41-42-43-44-45-47-49-51-53-55-57-59-66(69)75-64(63-74-76(70,71)73-61-60-67(3,4)5)62-72-65(68)58-56-54-52-50-48-46-19-17-15-13-11-9-7-2/h8,10,14,16,20-21,23-24,26-27,64H,6-7,9,11-13,15,17-19,22,25,28-63H2,1-5H3/p+1/b10-8-,16-14-,21-20-,24-23-,27-26-. The number of nitrogens with zero attached hydrogens (tertiary/aromatic N) is 1. The van der Waals surface area contributed by atoms with Crippen LogP contribution in [0.2, 0.25) is 0 Å². The molecule has 0 aliphatic rings. The molecule has 0 saturated carbocycles. The smallest absolute Gasteiger partial charge is 0.462 e. The molecule has 9 nitrogen and oxygen atoms in total. The molecule has 0 aromatic carbocycles. The summed E-state index contributed by atoms with van der Waals surface area (Å²) in [4.78, 5) is 35.6. The number of likely N-dealkylation sites (N-methyl/N-ethyl adjacent to an activating group) is 1. The highest BCUT2D eigenvalue weighted by Gasteiger charge is 2.27. The van der Waals surface area contributed by atoms with E-state index in [0.717, 1.165) is 64.2 Å². The molecule has 0 saturated heterocycles. The summed E-state index contributed by atoms with van der Waals surface area (Å²) in [5.74, 6) is -0.782. The van der Waals surface area contributed by atoms with Crippen LogP contribution < -0.4 is 0 Å². The summed E-state index contributed by atoms with van der Waals surface area (Å²) < 4.78 is 34.6. The topological polar surface area (TPSA) is 108 Å². The van der Waals surface area contributed by atoms with E-state index in [4.69, 9.17) is 18.5 Å². The van der Waals surface area contributed by atoms with Gasteiger partial charge in [-0.3, -0.25) is 18.6 Å². The lowest BCUT2D eigenvalue weighted by Crippen LogP contribution is -2.37. The monoisotopic (exact) mass is 1090 g/mol. The molecule has 2 atom stereocenters. The van der Waals surface area contributed by atoms with Crippen molar-refractivity contribution in [2.75, 3.05) is 47.5 Å². The molecule has 0 amide bonds. The average Bonchev–Trinajstić information content (AvgIpc) is 3.38. The zero-order valence-corrected chi connectivity index (χ0v) is 51.4. The average molecular weight is 1090 g/mol. The Balaban J connectivity index is 3.89. The summed E-state index contributed by atoms with van der Waals surface area (Å²) in [7, 11) is 1.49. The number of ether oxygens (including phenoxy) is 2. The van der Waals surface area contributed by atoms with Gasteiger partial charge in [0.05, 0.1) is 27.7 Å². The van der Waals surface area contributed by atoms with Gasteiger partial charge in [0.1, 0.15) is 19.8 Å². The first kappa shape index (κ1) is 73.7. The van der Waals surface area contributed by atoms with E-state index in [2.05, 4.69) is 74.6 Å². The molecule has 0 fully saturated rings. The third kappa shape index (κ3) is 60.9. The summed E-state index contributed by atoms with van der Waals surface area (Å²) in [5.41, 5.74) is 0. The highest BCUT2D eigenvalue weighted by atomic mass is 31.2. The number of hydrogen-bond acceptors (Lipinski definition) is 7. The van der Waals surface area contributed by atoms with Crippen molar-refractivity contribution in [1.82, 2.24) is 0 Å². The minimum Gasteiger partial charge on any atom is -0.462 e. The van der Waals surface area contributed by atoms with Gasteiger partial charge in [0.15, 0.2) is 6.10 Å². The summed E-state index contributed by atoms with van der Waals surface area (Å²) in [6.07, 6.45) is 74.7. The van der Waals surface area contributed by atoms with Gasteiger partial charge in [-0.05, 0) is 57.8 Å². The highest BCUT2D eigenvalue weighted by Crippen LogP contribution is 2.43. The summed E-state index contributed by atoms with van der Waals surface area (Å²) in [5, 5.41) is 0. The van der Waals surface area contributed by atoms with E-state index < -0.39 is 26.5 Å². The van der Waals surface area contributed by atoms with Crippen LogP contribution in [0.15, 0.2) is 60.8 Å². The van der Waals surface area contributed by atoms with Crippen molar-refractivity contribution in [2.24, 2.45) is 0 Å². The summed E-state index contributed by atoms with van der Waals surface area (Å²) in [6.45, 7) is 4.35. The third-order valence-electron chi connectivity index (χ3n) is 14.1. The van der Waals surface area contributed by atoms with Crippen molar-refractivity contribution in [1.29, 1.82) is 0 Å². The minimum atomic E-state index is -4.38. The SMILES string of the molecule is CC/C=C\C/C=C\C/C=C\C/C=C\C/C=C\CCCCCCCCCCCCCCCCCCCCCCCCCC(=O)OC(COC(=O)CCCCCCCCCCCCCCC)COP(=O)(O)OCC[N+](C)(C)C. The van der Waals surface area contributed by atoms with Gasteiger partial charge in [0, 0.05) is 12.8 Å². The molecule has 0 heterocycles. The fourth-order valence-corrected chi connectivity index (χ4v) is 9.90. The van der Waals surface area contributed by atoms with Crippen LogP contribution in [0.3, 0.4) is 0 Å². The fraction of sp³-hybridized carbons (Fsp3) is 0.818. The van der Waals surface area contributed by atoms with E-state index in [-0.39, 0.29) is 25.6 Å². The lowest BCUT2D eigenvalue weighted by atomic mass is 10.0. The number of carbonyl (C=O) groups excluding carboxylic acids is 2. The van der Waals surface area contributed by atoms with Crippen molar-refractivity contribution in [2.45, 2.75) is 302 Å². The van der Waals surface area contributed by atoms with Crippen LogP contribution in [0.4, 0.5) is 0 Å². The molecule has 0 aromatic heterocycles. The lowest BCUT2D eigenvalue weighted by Gasteiger charge is -2.24. The van der Waals surface area contributed by atoms with Gasteiger partial charge < -0.3 is 18.9 Å². The molecule has 0 radical (unpaired) electrons. The molecule has 76 heavy (non-hydrogen) atoms. The second kappa shape index (κ2) is 57.4. The maximum atomic E-state index is 12.8. The quantitative estimate of drug-likeness (QED) is 0.0211. The molecule has 0 bridgehead atoms. The number of phosphoric ester groups is 1. The van der Waals surface area contributed by atoms with Crippen molar-refractivity contribution in [3.8, 4) is 0 Å². The molecule has 0 rings (SSSR count). The molecule has 0 aliphatic carbocycles. The van der Waals surface area contributed by atoms with E-state index in [0.29, 0.717) is 23.9 Å². The molecular weight excluding hydrogens is 966 g/mol. The van der Waals surface area contributed by atoms with Crippen molar-refractivity contribution < 1.29 is 42.1 Å². The Labute approximate surface area is 470 Å². The Morgan fingerprint density at radius 1 is 0.421 bits per heavy atom. The molecule has 0 aromatic rings. The second-order valence-electron chi connectivity index (χ2n) is 22.8. The van der Waals surface area contributed by atoms with E-state index in [9.17, 15) is 19.0 Å². The number of quaternary nitrogens is 1.